The lowest BCUT2D eigenvalue weighted by Crippen LogP contribution is -2.21. The van der Waals surface area contributed by atoms with Gasteiger partial charge in [0.25, 0.3) is 0 Å². The largest absolute Gasteiger partial charge is 0.490 e. The summed E-state index contributed by atoms with van der Waals surface area (Å²) >= 11 is 0. The smallest absolute Gasteiger partial charge is 0.475 e. The van der Waals surface area contributed by atoms with Gasteiger partial charge in [-0.05, 0) is 18.7 Å². The Bertz CT molecular complexity index is 144. The summed E-state index contributed by atoms with van der Waals surface area (Å²) in [5.41, 5.74) is 0. The first-order valence-corrected chi connectivity index (χ1v) is 5.78. The van der Waals surface area contributed by atoms with Crippen LogP contribution in [0.1, 0.15) is 26.7 Å². The van der Waals surface area contributed by atoms with Crippen LogP contribution in [-0.2, 0) is 4.79 Å². The van der Waals surface area contributed by atoms with Crippen LogP contribution in [0.3, 0.4) is 0 Å². The Morgan fingerprint density at radius 3 is 2.00 bits per heavy atom. The Morgan fingerprint density at radius 2 is 1.79 bits per heavy atom. The monoisotopic (exact) mass is 232 g/mol. The first-order chi connectivity index (χ1) is 6.36. The second kappa shape index (κ2) is 9.25. The molecule has 1 atom stereocenters. The molecule has 0 aromatic carbocycles. The third kappa shape index (κ3) is 14.2. The number of carboxylic acids is 1. The summed E-state index contributed by atoms with van der Waals surface area (Å²) in [5, 5.41) is 7.12. The van der Waals surface area contributed by atoms with Crippen molar-refractivity contribution in [2.75, 3.05) is 12.3 Å². The highest BCUT2D eigenvalue weighted by Gasteiger charge is 2.38. The molecule has 2 nitrogen and oxygen atoms in total. The van der Waals surface area contributed by atoms with Crippen LogP contribution in [-0.4, -0.2) is 29.6 Å². The van der Waals surface area contributed by atoms with Crippen LogP contribution >= 0.6 is 8.58 Å². The number of alkyl halides is 3. The Balaban J connectivity index is 0. The molecule has 6 heteroatoms. The molecule has 0 radical (unpaired) electrons. The van der Waals surface area contributed by atoms with Crippen molar-refractivity contribution in [2.45, 2.75) is 32.9 Å². The molecule has 0 aromatic heterocycles. The molecule has 0 aliphatic carbocycles. The van der Waals surface area contributed by atoms with Gasteiger partial charge in [0, 0.05) is 0 Å². The van der Waals surface area contributed by atoms with E-state index in [2.05, 4.69) is 13.8 Å². The van der Waals surface area contributed by atoms with E-state index in [9.17, 15) is 13.2 Å². The van der Waals surface area contributed by atoms with Gasteiger partial charge in [0.1, 0.15) is 0 Å². The third-order valence-corrected chi connectivity index (χ3v) is 2.41. The molecular weight excluding hydrogens is 216 g/mol. The van der Waals surface area contributed by atoms with E-state index in [1.54, 1.807) is 0 Å². The predicted molar refractivity (Wildman–Crippen MR) is 52.3 cm³/mol. The highest BCUT2D eigenvalue weighted by Crippen LogP contribution is 2.13. The molecule has 0 rings (SSSR count). The number of hydrogen-bond acceptors (Lipinski definition) is 1. The fourth-order valence-corrected chi connectivity index (χ4v) is 1.44. The lowest BCUT2D eigenvalue weighted by molar-refractivity contribution is -0.192. The van der Waals surface area contributed by atoms with Gasteiger partial charge >= 0.3 is 12.1 Å². The van der Waals surface area contributed by atoms with E-state index in [4.69, 9.17) is 9.90 Å². The molecule has 0 heterocycles. The standard InChI is InChI=1S/C6H15P.C2HF3O2/c1-3-5-6-7-4-2;3-2(4,5)1(6)7/h7H,3-6H2,1-2H3;(H,6,7). The first kappa shape index (κ1) is 16.1. The SMILES string of the molecule is CCCCPCC.O=C(O)C(F)(F)F. The molecular formula is C8H16F3O2P. The summed E-state index contributed by atoms with van der Waals surface area (Å²) in [7, 11) is 1.22. The van der Waals surface area contributed by atoms with Gasteiger partial charge in [0.05, 0.1) is 0 Å². The van der Waals surface area contributed by atoms with E-state index >= 15 is 0 Å². The van der Waals surface area contributed by atoms with Gasteiger partial charge in [-0.3, -0.25) is 0 Å². The van der Waals surface area contributed by atoms with Gasteiger partial charge in [-0.15, -0.1) is 8.58 Å². The highest BCUT2D eigenvalue weighted by atomic mass is 31.1. The molecule has 86 valence electrons. The van der Waals surface area contributed by atoms with Crippen LogP contribution in [0.5, 0.6) is 0 Å². The average molecular weight is 232 g/mol. The van der Waals surface area contributed by atoms with Gasteiger partial charge in [0.15, 0.2) is 0 Å². The molecule has 0 fully saturated rings. The maximum atomic E-state index is 10.6. The van der Waals surface area contributed by atoms with Gasteiger partial charge in [-0.1, -0.05) is 20.3 Å². The van der Waals surface area contributed by atoms with Gasteiger partial charge in [-0.25, -0.2) is 4.79 Å². The van der Waals surface area contributed by atoms with Crippen LogP contribution in [0.4, 0.5) is 13.2 Å². The van der Waals surface area contributed by atoms with Gasteiger partial charge in [-0.2, -0.15) is 13.2 Å². The molecule has 1 unspecified atom stereocenters. The van der Waals surface area contributed by atoms with Crippen LogP contribution in [0.25, 0.3) is 0 Å². The number of rotatable bonds is 4. The maximum Gasteiger partial charge on any atom is 0.490 e. The number of unbranched alkanes of at least 4 members (excludes halogenated alkanes) is 1. The molecule has 14 heavy (non-hydrogen) atoms. The zero-order valence-corrected chi connectivity index (χ0v) is 9.32. The molecule has 0 saturated carbocycles. The third-order valence-electron chi connectivity index (χ3n) is 1.20. The molecule has 0 spiro atoms. The van der Waals surface area contributed by atoms with Gasteiger partial charge < -0.3 is 5.11 Å². The second-order valence-corrected chi connectivity index (χ2v) is 4.22. The summed E-state index contributed by atoms with van der Waals surface area (Å²) < 4.78 is 31.7. The summed E-state index contributed by atoms with van der Waals surface area (Å²) in [6, 6.07) is 0. The van der Waals surface area contributed by atoms with Crippen molar-refractivity contribution in [3.63, 3.8) is 0 Å². The molecule has 0 aromatic rings. The molecule has 0 saturated heterocycles. The van der Waals surface area contributed by atoms with E-state index in [0.717, 1.165) is 0 Å². The summed E-state index contributed by atoms with van der Waals surface area (Å²) in [4.78, 5) is 8.90. The van der Waals surface area contributed by atoms with Crippen molar-refractivity contribution in [2.24, 2.45) is 0 Å². The van der Waals surface area contributed by atoms with Crippen molar-refractivity contribution in [3.8, 4) is 0 Å². The Labute approximate surface area is 83.7 Å². The van der Waals surface area contributed by atoms with Crippen LogP contribution in [0, 0.1) is 0 Å². The number of hydrogen-bond donors (Lipinski definition) is 1. The van der Waals surface area contributed by atoms with Crippen molar-refractivity contribution in [1.82, 2.24) is 0 Å². The molecule has 0 amide bonds. The summed E-state index contributed by atoms with van der Waals surface area (Å²) in [6.07, 6.45) is 0.576. The van der Waals surface area contributed by atoms with Crippen LogP contribution in [0.15, 0.2) is 0 Å². The van der Waals surface area contributed by atoms with Crippen molar-refractivity contribution in [3.05, 3.63) is 0 Å². The molecule has 0 bridgehead atoms. The summed E-state index contributed by atoms with van der Waals surface area (Å²) in [6.45, 7) is 4.51. The van der Waals surface area contributed by atoms with Crippen LogP contribution in [0.2, 0.25) is 0 Å². The Hall–Kier alpha value is -0.310. The normalized spacial score (nSPS) is 11.2. The maximum absolute atomic E-state index is 10.6. The molecule has 0 aliphatic heterocycles. The Kier molecular flexibility index (Phi) is 10.7. The minimum atomic E-state index is -5.08. The van der Waals surface area contributed by atoms with E-state index in [1.807, 2.05) is 0 Å². The fourth-order valence-electron chi connectivity index (χ4n) is 0.479. The zero-order chi connectivity index (χ0) is 11.6. The molecule has 0 aliphatic rings. The van der Waals surface area contributed by atoms with E-state index < -0.39 is 12.1 Å². The number of carbonyl (C=O) groups is 1. The zero-order valence-electron chi connectivity index (χ0n) is 8.32. The van der Waals surface area contributed by atoms with E-state index in [1.165, 1.54) is 33.7 Å². The average Bonchev–Trinajstić information content (AvgIpc) is 2.05. The first-order valence-electron chi connectivity index (χ1n) is 4.37. The summed E-state index contributed by atoms with van der Waals surface area (Å²) in [5.74, 6) is -2.76. The van der Waals surface area contributed by atoms with E-state index in [-0.39, 0.29) is 0 Å². The second-order valence-electron chi connectivity index (χ2n) is 2.51. The minimum absolute atomic E-state index is 1.22. The van der Waals surface area contributed by atoms with Crippen molar-refractivity contribution >= 4 is 14.6 Å². The van der Waals surface area contributed by atoms with Crippen molar-refractivity contribution < 1.29 is 23.1 Å². The number of halogens is 3. The lowest BCUT2D eigenvalue weighted by Gasteiger charge is -1.93. The minimum Gasteiger partial charge on any atom is -0.475 e. The topological polar surface area (TPSA) is 37.3 Å². The Morgan fingerprint density at radius 1 is 1.36 bits per heavy atom. The van der Waals surface area contributed by atoms with E-state index in [0.29, 0.717) is 0 Å². The fraction of sp³-hybridized carbons (Fsp3) is 0.875. The molecule has 1 N–H and O–H groups in total. The van der Waals surface area contributed by atoms with Crippen LogP contribution < -0.4 is 0 Å². The van der Waals surface area contributed by atoms with Crippen molar-refractivity contribution in [1.29, 1.82) is 0 Å². The number of carboxylic acid groups (broad SMARTS) is 1. The lowest BCUT2D eigenvalue weighted by atomic mass is 10.4. The number of aliphatic carboxylic acids is 1. The van der Waals surface area contributed by atoms with Gasteiger partial charge in [0.2, 0.25) is 0 Å². The quantitative estimate of drug-likeness (QED) is 0.597. The highest BCUT2D eigenvalue weighted by molar-refractivity contribution is 7.37. The predicted octanol–water partition coefficient (Wildman–Crippen LogP) is 3.12.